The molecule has 0 spiro atoms. The van der Waals surface area contributed by atoms with Crippen LogP contribution in [0.15, 0.2) is 12.2 Å². The van der Waals surface area contributed by atoms with Gasteiger partial charge in [0.25, 0.3) is 0 Å². The van der Waals surface area contributed by atoms with Crippen LogP contribution >= 0.6 is 0 Å². The van der Waals surface area contributed by atoms with E-state index in [2.05, 4.69) is 68.9 Å². The maximum absolute atomic E-state index is 13.0. The minimum atomic E-state index is -0.144. The molecule has 1 nitrogen and oxygen atoms in total. The lowest BCUT2D eigenvalue weighted by Gasteiger charge is -2.73. The van der Waals surface area contributed by atoms with Crippen molar-refractivity contribution in [3.05, 3.63) is 12.2 Å². The molecule has 0 N–H and O–H groups in total. The number of rotatable bonds is 4. The molecule has 0 bridgehead atoms. The van der Waals surface area contributed by atoms with Crippen molar-refractivity contribution >= 4 is 5.78 Å². The molecular formula is C32H54O. The molecule has 0 aliphatic heterocycles. The van der Waals surface area contributed by atoms with Crippen LogP contribution in [0, 0.1) is 56.7 Å². The predicted octanol–water partition coefficient (Wildman–Crippen LogP) is 9.26. The molecule has 4 saturated carbocycles. The highest BCUT2D eigenvalue weighted by atomic mass is 16.1. The number of carbonyl (C=O) groups is 1. The van der Waals surface area contributed by atoms with Gasteiger partial charge in [-0.05, 0) is 110 Å². The van der Waals surface area contributed by atoms with E-state index in [1.54, 1.807) is 0 Å². The molecule has 33 heavy (non-hydrogen) atoms. The summed E-state index contributed by atoms with van der Waals surface area (Å²) < 4.78 is 0. The van der Waals surface area contributed by atoms with Crippen LogP contribution < -0.4 is 0 Å². The Morgan fingerprint density at radius 3 is 2.15 bits per heavy atom. The molecular weight excluding hydrogens is 400 g/mol. The van der Waals surface area contributed by atoms with Gasteiger partial charge in [-0.3, -0.25) is 4.79 Å². The second-order valence-electron chi connectivity index (χ2n) is 14.7. The average molecular weight is 455 g/mol. The molecule has 0 aromatic heterocycles. The fourth-order valence-electron chi connectivity index (χ4n) is 11.1. The largest absolute Gasteiger partial charge is 0.299 e. The van der Waals surface area contributed by atoms with Gasteiger partial charge in [0.2, 0.25) is 0 Å². The normalized spacial score (nSPS) is 50.0. The van der Waals surface area contributed by atoms with Crippen molar-refractivity contribution in [2.45, 2.75) is 127 Å². The van der Waals surface area contributed by atoms with E-state index < -0.39 is 0 Å². The molecule has 9 atom stereocenters. The molecule has 4 aliphatic carbocycles. The lowest BCUT2D eigenvalue weighted by Crippen LogP contribution is -2.66. The minimum Gasteiger partial charge on any atom is -0.299 e. The van der Waals surface area contributed by atoms with Crippen molar-refractivity contribution in [2.75, 3.05) is 0 Å². The maximum Gasteiger partial charge on any atom is 0.138 e. The summed E-state index contributed by atoms with van der Waals surface area (Å²) in [5.41, 5.74) is 2.82. The van der Waals surface area contributed by atoms with Gasteiger partial charge in [-0.1, -0.05) is 74.0 Å². The summed E-state index contributed by atoms with van der Waals surface area (Å²) in [7, 11) is 0. The van der Waals surface area contributed by atoms with Gasteiger partial charge in [0.1, 0.15) is 5.78 Å². The van der Waals surface area contributed by atoms with E-state index in [-0.39, 0.29) is 5.41 Å². The average Bonchev–Trinajstić information content (AvgIpc) is 2.74. The Hall–Kier alpha value is -0.590. The van der Waals surface area contributed by atoms with Gasteiger partial charge in [0.05, 0.1) is 0 Å². The standard InChI is InChI=1S/C32H54O/c1-11-22(21(3)4)27-23-13-14-25-30(8)17-16-26(33)28(5,6)24(30)15-18-32(25,10)31(23,9)20-19-29(27,7)12-2/h22-25,27H,3,11-20H2,1-2,4-10H3/t22-,23?,24?,25+,27?,29+,30-,31+,32+/m0/s1. The van der Waals surface area contributed by atoms with Crippen molar-refractivity contribution < 1.29 is 4.79 Å². The Bertz CT molecular complexity index is 807. The first-order chi connectivity index (χ1) is 15.2. The lowest BCUT2D eigenvalue weighted by atomic mass is 9.32. The summed E-state index contributed by atoms with van der Waals surface area (Å²) in [5, 5.41) is 0. The number of ketones is 1. The van der Waals surface area contributed by atoms with Crippen molar-refractivity contribution in [1.82, 2.24) is 0 Å². The molecule has 188 valence electrons. The number of Topliss-reactive ketones (excluding diaryl/α,β-unsaturated/α-hetero) is 1. The van der Waals surface area contributed by atoms with Crippen LogP contribution in [0.25, 0.3) is 0 Å². The third-order valence-electron chi connectivity index (χ3n) is 13.5. The van der Waals surface area contributed by atoms with Crippen LogP contribution in [0.5, 0.6) is 0 Å². The zero-order valence-electron chi connectivity index (χ0n) is 23.6. The Morgan fingerprint density at radius 2 is 1.58 bits per heavy atom. The first-order valence-electron chi connectivity index (χ1n) is 14.4. The summed E-state index contributed by atoms with van der Waals surface area (Å²) >= 11 is 0. The van der Waals surface area contributed by atoms with E-state index in [0.717, 1.165) is 30.6 Å². The summed E-state index contributed by atoms with van der Waals surface area (Å²) in [6, 6.07) is 0. The first kappa shape index (κ1) is 25.5. The van der Waals surface area contributed by atoms with Crippen molar-refractivity contribution in [1.29, 1.82) is 0 Å². The van der Waals surface area contributed by atoms with Gasteiger partial charge in [-0.2, -0.15) is 0 Å². The van der Waals surface area contributed by atoms with Crippen LogP contribution in [0.4, 0.5) is 0 Å². The Labute approximate surface area is 206 Å². The fraction of sp³-hybridized carbons (Fsp3) is 0.906. The van der Waals surface area contributed by atoms with E-state index in [1.165, 1.54) is 56.9 Å². The van der Waals surface area contributed by atoms with E-state index >= 15 is 0 Å². The maximum atomic E-state index is 13.0. The minimum absolute atomic E-state index is 0.144. The van der Waals surface area contributed by atoms with Crippen molar-refractivity contribution in [2.24, 2.45) is 56.7 Å². The van der Waals surface area contributed by atoms with Crippen LogP contribution in [-0.4, -0.2) is 5.78 Å². The molecule has 0 saturated heterocycles. The van der Waals surface area contributed by atoms with E-state index in [9.17, 15) is 4.79 Å². The van der Waals surface area contributed by atoms with E-state index in [1.807, 2.05) is 0 Å². The molecule has 0 heterocycles. The Balaban J connectivity index is 1.78. The van der Waals surface area contributed by atoms with Crippen molar-refractivity contribution in [3.63, 3.8) is 0 Å². The molecule has 3 unspecified atom stereocenters. The second kappa shape index (κ2) is 7.96. The van der Waals surface area contributed by atoms with Gasteiger partial charge in [-0.25, -0.2) is 0 Å². The molecule has 0 amide bonds. The summed E-state index contributed by atoms with van der Waals surface area (Å²) in [5.74, 6) is 4.06. The SMILES string of the molecule is C=C(C)[C@H](CC)C1C2CC[C@@H]3[C@@]4(C)CCC(=O)C(C)(C)C4CC[C@@]3(C)[C@]2(C)CC[C@@]1(C)CC. The quantitative estimate of drug-likeness (QED) is 0.387. The van der Waals surface area contributed by atoms with Crippen LogP contribution in [0.3, 0.4) is 0 Å². The number of allylic oxidation sites excluding steroid dienone is 1. The lowest BCUT2D eigenvalue weighted by molar-refractivity contribution is -0.237. The van der Waals surface area contributed by atoms with Crippen LogP contribution in [0.2, 0.25) is 0 Å². The van der Waals surface area contributed by atoms with Gasteiger partial charge >= 0.3 is 0 Å². The summed E-state index contributed by atoms with van der Waals surface area (Å²) in [6.45, 7) is 26.9. The van der Waals surface area contributed by atoms with Gasteiger partial charge in [-0.15, -0.1) is 0 Å². The second-order valence-corrected chi connectivity index (χ2v) is 14.7. The number of carbonyl (C=O) groups excluding carboxylic acids is 1. The zero-order valence-corrected chi connectivity index (χ0v) is 23.6. The highest BCUT2D eigenvalue weighted by Crippen LogP contribution is 2.76. The Kier molecular flexibility index (Phi) is 6.15. The van der Waals surface area contributed by atoms with Gasteiger partial charge in [0, 0.05) is 11.8 Å². The molecule has 1 heteroatoms. The molecule has 4 fully saturated rings. The van der Waals surface area contributed by atoms with Gasteiger partial charge in [0.15, 0.2) is 0 Å². The van der Waals surface area contributed by atoms with E-state index in [4.69, 9.17) is 0 Å². The highest BCUT2D eigenvalue weighted by molar-refractivity contribution is 5.85. The predicted molar refractivity (Wildman–Crippen MR) is 141 cm³/mol. The number of hydrogen-bond donors (Lipinski definition) is 0. The Morgan fingerprint density at radius 1 is 0.909 bits per heavy atom. The third-order valence-corrected chi connectivity index (χ3v) is 13.5. The number of hydrogen-bond acceptors (Lipinski definition) is 1. The first-order valence-corrected chi connectivity index (χ1v) is 14.4. The highest BCUT2D eigenvalue weighted by Gasteiger charge is 2.69. The fourth-order valence-corrected chi connectivity index (χ4v) is 11.1. The number of fused-ring (bicyclic) bond motifs is 5. The molecule has 0 aromatic carbocycles. The molecule has 4 aliphatic rings. The van der Waals surface area contributed by atoms with Crippen LogP contribution in [-0.2, 0) is 4.79 Å². The van der Waals surface area contributed by atoms with Crippen LogP contribution in [0.1, 0.15) is 127 Å². The van der Waals surface area contributed by atoms with E-state index in [0.29, 0.717) is 39.3 Å². The van der Waals surface area contributed by atoms with Crippen molar-refractivity contribution in [3.8, 4) is 0 Å². The summed E-state index contributed by atoms with van der Waals surface area (Å²) in [6.07, 6.45) is 12.5. The monoisotopic (exact) mass is 454 g/mol. The summed E-state index contributed by atoms with van der Waals surface area (Å²) in [4.78, 5) is 13.0. The molecule has 4 rings (SSSR count). The topological polar surface area (TPSA) is 17.1 Å². The third kappa shape index (κ3) is 3.25. The van der Waals surface area contributed by atoms with Gasteiger partial charge < -0.3 is 0 Å². The molecule has 0 radical (unpaired) electrons. The molecule has 0 aromatic rings. The zero-order chi connectivity index (χ0) is 24.6. The smallest absolute Gasteiger partial charge is 0.138 e.